The summed E-state index contributed by atoms with van der Waals surface area (Å²) in [6, 6.07) is 12.5. The zero-order valence-corrected chi connectivity index (χ0v) is 12.5. The highest BCUT2D eigenvalue weighted by Crippen LogP contribution is 2.32. The quantitative estimate of drug-likeness (QED) is 0.431. The fourth-order valence-corrected chi connectivity index (χ4v) is 3.49. The van der Waals surface area contributed by atoms with E-state index in [2.05, 4.69) is 4.98 Å². The van der Waals surface area contributed by atoms with Crippen LogP contribution in [0.5, 0.6) is 0 Å². The van der Waals surface area contributed by atoms with Gasteiger partial charge in [0.25, 0.3) is 11.5 Å². The van der Waals surface area contributed by atoms with Gasteiger partial charge in [-0.1, -0.05) is 29.8 Å². The van der Waals surface area contributed by atoms with Crippen molar-refractivity contribution < 1.29 is 13.8 Å². The zero-order chi connectivity index (χ0) is 15.7. The number of aromatic nitrogens is 2. The first-order valence-corrected chi connectivity index (χ1v) is 7.52. The Balaban J connectivity index is 1.93. The maximum Gasteiger partial charge on any atom is 0.284 e. The number of hydrogen-bond donors (Lipinski definition) is 1. The summed E-state index contributed by atoms with van der Waals surface area (Å²) in [5.41, 5.74) is 3.17. The van der Waals surface area contributed by atoms with Crippen LogP contribution in [0.25, 0.3) is 27.5 Å². The second-order valence-corrected chi connectivity index (χ2v) is 6.01. The van der Waals surface area contributed by atoms with Gasteiger partial charge in [-0.25, -0.2) is 4.39 Å². The van der Waals surface area contributed by atoms with Crippen LogP contribution in [0, 0.1) is 5.82 Å². The lowest BCUT2D eigenvalue weighted by Gasteiger charge is -1.96. The molecule has 0 saturated heterocycles. The molecule has 4 aromatic rings. The average molecular weight is 324 g/mol. The van der Waals surface area contributed by atoms with Crippen molar-refractivity contribution in [2.24, 2.45) is 0 Å². The molecular weight excluding hydrogens is 315 g/mol. The number of carbonyl (C=O) groups is 1. The van der Waals surface area contributed by atoms with Crippen molar-refractivity contribution in [3.8, 4) is 5.69 Å². The molecule has 1 N–H and O–H groups in total. The summed E-state index contributed by atoms with van der Waals surface area (Å²) in [7, 11) is 0. The Kier molecular flexibility index (Phi) is 2.32. The number of ketones is 1. The molecule has 5 rings (SSSR count). The molecule has 2 aromatic heterocycles. The van der Waals surface area contributed by atoms with Crippen molar-refractivity contribution in [1.29, 1.82) is 0 Å². The van der Waals surface area contributed by atoms with Crippen molar-refractivity contribution in [2.45, 2.75) is 0 Å². The molecule has 0 spiro atoms. The molecule has 110 valence electrons. The first kappa shape index (κ1) is 12.8. The predicted octanol–water partition coefficient (Wildman–Crippen LogP) is 3.93. The normalized spacial score (nSPS) is 12.9. The zero-order valence-electron chi connectivity index (χ0n) is 11.7. The monoisotopic (exact) mass is 323 g/mol. The number of halogens is 2. The van der Waals surface area contributed by atoms with Crippen LogP contribution in [0.1, 0.15) is 16.1 Å². The number of nitrogens with one attached hydrogen (secondary N) is 1. The Bertz CT molecular complexity index is 1160. The van der Waals surface area contributed by atoms with Gasteiger partial charge in [0.05, 0.1) is 5.02 Å². The van der Waals surface area contributed by atoms with E-state index in [-0.39, 0.29) is 10.8 Å². The average Bonchev–Trinajstić information content (AvgIpc) is 3.05. The van der Waals surface area contributed by atoms with E-state index in [1.807, 2.05) is 36.5 Å². The minimum Gasteiger partial charge on any atom is -0.349 e. The van der Waals surface area contributed by atoms with Gasteiger partial charge in [-0.05, 0) is 12.1 Å². The molecule has 0 atom stereocenters. The third-order valence-electron chi connectivity index (χ3n) is 4.37. The number of fused-ring (bicyclic) bond motifs is 7. The summed E-state index contributed by atoms with van der Waals surface area (Å²) in [5, 5.41) is 2.03. The molecule has 0 fully saturated rings. The summed E-state index contributed by atoms with van der Waals surface area (Å²) in [6.07, 6.45) is 1.83. The van der Waals surface area contributed by atoms with Crippen molar-refractivity contribution in [2.75, 3.05) is 0 Å². The van der Waals surface area contributed by atoms with Crippen LogP contribution in [0.15, 0.2) is 48.7 Å². The number of pyridine rings is 1. The van der Waals surface area contributed by atoms with E-state index >= 15 is 0 Å². The van der Waals surface area contributed by atoms with Gasteiger partial charge < -0.3 is 4.98 Å². The Morgan fingerprint density at radius 1 is 1.09 bits per heavy atom. The number of nitrogens with zero attached hydrogens (tertiary/aromatic N) is 1. The second kappa shape index (κ2) is 4.18. The summed E-state index contributed by atoms with van der Waals surface area (Å²) in [6.45, 7) is 0. The fraction of sp³-hybridized carbons (Fsp3) is 0. The Morgan fingerprint density at radius 2 is 1.91 bits per heavy atom. The second-order valence-electron chi connectivity index (χ2n) is 5.61. The SMILES string of the molecule is O=C1c2cc(F)c(Cl)cc2-[n+]2ccc3c([nH]c4ccccc43)c21. The number of aromatic amines is 1. The van der Waals surface area contributed by atoms with Gasteiger partial charge in [-0.2, -0.15) is 4.57 Å². The van der Waals surface area contributed by atoms with E-state index in [0.717, 1.165) is 21.8 Å². The molecule has 1 aliphatic rings. The van der Waals surface area contributed by atoms with E-state index in [0.29, 0.717) is 16.9 Å². The van der Waals surface area contributed by atoms with Crippen LogP contribution < -0.4 is 4.57 Å². The van der Waals surface area contributed by atoms with Gasteiger partial charge in [0.1, 0.15) is 16.9 Å². The van der Waals surface area contributed by atoms with Gasteiger partial charge >= 0.3 is 0 Å². The molecule has 2 aromatic carbocycles. The topological polar surface area (TPSA) is 36.7 Å². The molecule has 0 bridgehead atoms. The van der Waals surface area contributed by atoms with E-state index in [9.17, 15) is 9.18 Å². The first-order chi connectivity index (χ1) is 11.1. The number of H-pyrrole nitrogens is 1. The maximum atomic E-state index is 13.8. The fourth-order valence-electron chi connectivity index (χ4n) is 3.34. The highest BCUT2D eigenvalue weighted by Gasteiger charge is 2.39. The van der Waals surface area contributed by atoms with E-state index in [1.54, 1.807) is 4.57 Å². The molecule has 0 saturated carbocycles. The largest absolute Gasteiger partial charge is 0.349 e. The number of rotatable bonds is 0. The summed E-state index contributed by atoms with van der Waals surface area (Å²) >= 11 is 5.88. The lowest BCUT2D eigenvalue weighted by molar-refractivity contribution is -0.592. The molecular formula is C18H9ClFN2O+. The van der Waals surface area contributed by atoms with Gasteiger partial charge in [0, 0.05) is 28.4 Å². The maximum absolute atomic E-state index is 13.8. The number of para-hydroxylation sites is 1. The molecule has 23 heavy (non-hydrogen) atoms. The number of hydrogen-bond acceptors (Lipinski definition) is 1. The molecule has 5 heteroatoms. The highest BCUT2D eigenvalue weighted by molar-refractivity contribution is 6.31. The van der Waals surface area contributed by atoms with Gasteiger partial charge in [-0.15, -0.1) is 0 Å². The van der Waals surface area contributed by atoms with E-state index in [1.165, 1.54) is 12.1 Å². The van der Waals surface area contributed by atoms with Crippen molar-refractivity contribution >= 4 is 39.2 Å². The summed E-state index contributed by atoms with van der Waals surface area (Å²) < 4.78 is 15.5. The van der Waals surface area contributed by atoms with Crippen LogP contribution in [-0.2, 0) is 0 Å². The van der Waals surface area contributed by atoms with Crippen molar-refractivity contribution in [3.63, 3.8) is 0 Å². The molecule has 3 heterocycles. The molecule has 1 aliphatic heterocycles. The van der Waals surface area contributed by atoms with Crippen LogP contribution in [-0.4, -0.2) is 10.8 Å². The Hall–Kier alpha value is -2.72. The summed E-state index contributed by atoms with van der Waals surface area (Å²) in [4.78, 5) is 16.1. The Morgan fingerprint density at radius 3 is 2.78 bits per heavy atom. The van der Waals surface area contributed by atoms with Crippen LogP contribution in [0.3, 0.4) is 0 Å². The molecule has 3 nitrogen and oxygen atoms in total. The standard InChI is InChI=1S/C18H8ClFN2O/c19-12-8-15-11(7-13(12)20)18(23)17-16-10(5-6-22(15)17)9-3-1-2-4-14(9)21-16/h1-8H/p+1. The van der Waals surface area contributed by atoms with E-state index in [4.69, 9.17) is 11.6 Å². The predicted molar refractivity (Wildman–Crippen MR) is 85.7 cm³/mol. The van der Waals surface area contributed by atoms with Crippen LogP contribution in [0.4, 0.5) is 4.39 Å². The van der Waals surface area contributed by atoms with Crippen LogP contribution >= 0.6 is 11.6 Å². The minimum absolute atomic E-state index is 0.00800. The van der Waals surface area contributed by atoms with Gasteiger partial charge in [-0.3, -0.25) is 4.79 Å². The smallest absolute Gasteiger partial charge is 0.284 e. The third kappa shape index (κ3) is 1.53. The highest BCUT2D eigenvalue weighted by atomic mass is 35.5. The van der Waals surface area contributed by atoms with Gasteiger partial charge in [0.2, 0.25) is 5.69 Å². The number of benzene rings is 2. The minimum atomic E-state index is -0.583. The molecule has 0 aliphatic carbocycles. The number of carbonyl (C=O) groups excluding carboxylic acids is 1. The Labute approximate surface area is 134 Å². The van der Waals surface area contributed by atoms with Crippen LogP contribution in [0.2, 0.25) is 5.02 Å². The van der Waals surface area contributed by atoms with Crippen molar-refractivity contribution in [3.05, 3.63) is 70.8 Å². The van der Waals surface area contributed by atoms with E-state index < -0.39 is 5.82 Å². The molecule has 0 radical (unpaired) electrons. The third-order valence-corrected chi connectivity index (χ3v) is 4.66. The van der Waals surface area contributed by atoms with Gasteiger partial charge in [0.15, 0.2) is 6.20 Å². The molecule has 0 amide bonds. The van der Waals surface area contributed by atoms with Crippen molar-refractivity contribution in [1.82, 2.24) is 4.98 Å². The lowest BCUT2D eigenvalue weighted by Crippen LogP contribution is -2.32. The first-order valence-electron chi connectivity index (χ1n) is 7.14. The molecule has 0 unspecified atom stereocenters. The summed E-state index contributed by atoms with van der Waals surface area (Å²) in [5.74, 6) is -0.784. The lowest BCUT2D eigenvalue weighted by atomic mass is 10.1.